The highest BCUT2D eigenvalue weighted by Crippen LogP contribution is 2.12. The standard InChI is InChI=1S/C17H15IO3/c1-21-17(20)14-5-2-12(3-6-14)4-11-16(19)13-7-9-15(18)10-8-13/h2-3,5-10H,4,11H2,1H3. The van der Waals surface area contributed by atoms with Gasteiger partial charge in [-0.05, 0) is 58.8 Å². The van der Waals surface area contributed by atoms with Gasteiger partial charge in [-0.1, -0.05) is 24.3 Å². The van der Waals surface area contributed by atoms with Gasteiger partial charge in [0, 0.05) is 15.6 Å². The van der Waals surface area contributed by atoms with Crippen molar-refractivity contribution in [3.8, 4) is 0 Å². The number of carbonyl (C=O) groups excluding carboxylic acids is 2. The quantitative estimate of drug-likeness (QED) is 0.439. The third-order valence-corrected chi connectivity index (χ3v) is 3.90. The molecule has 4 heteroatoms. The summed E-state index contributed by atoms with van der Waals surface area (Å²) < 4.78 is 5.76. The molecular formula is C17H15IO3. The summed E-state index contributed by atoms with van der Waals surface area (Å²) in [6, 6.07) is 14.7. The summed E-state index contributed by atoms with van der Waals surface area (Å²) in [7, 11) is 1.36. The maximum Gasteiger partial charge on any atom is 0.337 e. The Balaban J connectivity index is 1.95. The third kappa shape index (κ3) is 4.39. The predicted molar refractivity (Wildman–Crippen MR) is 89.6 cm³/mol. The first-order valence-electron chi connectivity index (χ1n) is 6.56. The Morgan fingerprint density at radius 1 is 0.952 bits per heavy atom. The zero-order valence-electron chi connectivity index (χ0n) is 11.6. The summed E-state index contributed by atoms with van der Waals surface area (Å²) in [5.74, 6) is -0.222. The van der Waals surface area contributed by atoms with Gasteiger partial charge in [0.05, 0.1) is 12.7 Å². The molecule has 3 nitrogen and oxygen atoms in total. The molecule has 0 saturated heterocycles. The molecule has 108 valence electrons. The van der Waals surface area contributed by atoms with Crippen LogP contribution in [0.3, 0.4) is 0 Å². The molecule has 0 aliphatic rings. The van der Waals surface area contributed by atoms with Crippen molar-refractivity contribution < 1.29 is 14.3 Å². The molecule has 0 aliphatic heterocycles. The van der Waals surface area contributed by atoms with Gasteiger partial charge in [-0.25, -0.2) is 4.79 Å². The van der Waals surface area contributed by atoms with Crippen LogP contribution in [0.25, 0.3) is 0 Å². The van der Waals surface area contributed by atoms with Crippen molar-refractivity contribution in [3.63, 3.8) is 0 Å². The van der Waals surface area contributed by atoms with E-state index in [0.717, 1.165) is 14.7 Å². The van der Waals surface area contributed by atoms with Gasteiger partial charge in [-0.2, -0.15) is 0 Å². The first-order valence-corrected chi connectivity index (χ1v) is 7.64. The fourth-order valence-electron chi connectivity index (χ4n) is 1.96. The molecule has 0 N–H and O–H groups in total. The van der Waals surface area contributed by atoms with E-state index >= 15 is 0 Å². The van der Waals surface area contributed by atoms with E-state index < -0.39 is 0 Å². The number of hydrogen-bond acceptors (Lipinski definition) is 3. The number of Topliss-reactive ketones (excluding diaryl/α,β-unsaturated/α-hetero) is 1. The summed E-state index contributed by atoms with van der Waals surface area (Å²) >= 11 is 2.21. The van der Waals surface area contributed by atoms with Crippen molar-refractivity contribution in [2.24, 2.45) is 0 Å². The second-order valence-electron chi connectivity index (χ2n) is 4.62. The van der Waals surface area contributed by atoms with Gasteiger partial charge >= 0.3 is 5.97 Å². The average molecular weight is 394 g/mol. The fourth-order valence-corrected chi connectivity index (χ4v) is 2.32. The number of esters is 1. The largest absolute Gasteiger partial charge is 0.465 e. The van der Waals surface area contributed by atoms with E-state index in [1.165, 1.54) is 7.11 Å². The van der Waals surface area contributed by atoms with Gasteiger partial charge in [0.15, 0.2) is 5.78 Å². The molecule has 0 amide bonds. The molecule has 2 aromatic carbocycles. The van der Waals surface area contributed by atoms with Crippen LogP contribution in [0.4, 0.5) is 0 Å². The molecular weight excluding hydrogens is 379 g/mol. The minimum Gasteiger partial charge on any atom is -0.465 e. The Morgan fingerprint density at radius 2 is 1.52 bits per heavy atom. The minimum absolute atomic E-state index is 0.128. The number of halogens is 1. The number of aryl methyl sites for hydroxylation is 1. The zero-order chi connectivity index (χ0) is 15.2. The number of benzene rings is 2. The fraction of sp³-hybridized carbons (Fsp3) is 0.176. The second kappa shape index (κ2) is 7.36. The molecule has 0 atom stereocenters. The van der Waals surface area contributed by atoms with Gasteiger partial charge in [0.2, 0.25) is 0 Å². The molecule has 0 saturated carbocycles. The number of hydrogen-bond donors (Lipinski definition) is 0. The number of rotatable bonds is 5. The van der Waals surface area contributed by atoms with E-state index in [2.05, 4.69) is 27.3 Å². The molecule has 0 radical (unpaired) electrons. The van der Waals surface area contributed by atoms with Crippen LogP contribution in [0.2, 0.25) is 0 Å². The zero-order valence-corrected chi connectivity index (χ0v) is 13.8. The van der Waals surface area contributed by atoms with E-state index in [4.69, 9.17) is 0 Å². The van der Waals surface area contributed by atoms with Crippen LogP contribution in [-0.2, 0) is 11.2 Å². The minimum atomic E-state index is -0.350. The van der Waals surface area contributed by atoms with Crippen molar-refractivity contribution in [3.05, 3.63) is 68.8 Å². The molecule has 0 fully saturated rings. The van der Waals surface area contributed by atoms with Crippen LogP contribution in [-0.4, -0.2) is 18.9 Å². The van der Waals surface area contributed by atoms with Crippen LogP contribution in [0.15, 0.2) is 48.5 Å². The SMILES string of the molecule is COC(=O)c1ccc(CCC(=O)c2ccc(I)cc2)cc1. The molecule has 0 aliphatic carbocycles. The van der Waals surface area contributed by atoms with Crippen molar-refractivity contribution >= 4 is 34.3 Å². The van der Waals surface area contributed by atoms with Crippen LogP contribution in [0.5, 0.6) is 0 Å². The van der Waals surface area contributed by atoms with Crippen LogP contribution in [0.1, 0.15) is 32.7 Å². The Labute approximate surface area is 137 Å². The monoisotopic (exact) mass is 394 g/mol. The highest BCUT2D eigenvalue weighted by molar-refractivity contribution is 14.1. The van der Waals surface area contributed by atoms with Gasteiger partial charge < -0.3 is 4.74 Å². The van der Waals surface area contributed by atoms with E-state index in [9.17, 15) is 9.59 Å². The van der Waals surface area contributed by atoms with Gasteiger partial charge in [0.25, 0.3) is 0 Å². The molecule has 2 aromatic rings. The Bertz CT molecular complexity index is 630. The lowest BCUT2D eigenvalue weighted by Gasteiger charge is -2.04. The Morgan fingerprint density at radius 3 is 2.10 bits per heavy atom. The molecule has 0 unspecified atom stereocenters. The summed E-state index contributed by atoms with van der Waals surface area (Å²) in [5.41, 5.74) is 2.29. The molecule has 21 heavy (non-hydrogen) atoms. The number of ether oxygens (including phenoxy) is 1. The molecule has 0 spiro atoms. The lowest BCUT2D eigenvalue weighted by atomic mass is 10.0. The van der Waals surface area contributed by atoms with Crippen LogP contribution in [0, 0.1) is 3.57 Å². The average Bonchev–Trinajstić information content (AvgIpc) is 2.53. The molecule has 0 heterocycles. The number of carbonyl (C=O) groups is 2. The lowest BCUT2D eigenvalue weighted by molar-refractivity contribution is 0.0600. The summed E-state index contributed by atoms with van der Waals surface area (Å²) in [6.07, 6.45) is 1.12. The van der Waals surface area contributed by atoms with Crippen molar-refractivity contribution in [2.45, 2.75) is 12.8 Å². The first kappa shape index (κ1) is 15.7. The van der Waals surface area contributed by atoms with E-state index in [1.807, 2.05) is 36.4 Å². The number of ketones is 1. The molecule has 0 aromatic heterocycles. The first-order chi connectivity index (χ1) is 10.1. The van der Waals surface area contributed by atoms with E-state index in [1.54, 1.807) is 12.1 Å². The predicted octanol–water partition coefficient (Wildman–Crippen LogP) is 3.89. The number of methoxy groups -OCH3 is 1. The lowest BCUT2D eigenvalue weighted by Crippen LogP contribution is -2.03. The van der Waals surface area contributed by atoms with Crippen molar-refractivity contribution in [2.75, 3.05) is 7.11 Å². The summed E-state index contributed by atoms with van der Waals surface area (Å²) in [6.45, 7) is 0. The van der Waals surface area contributed by atoms with Gasteiger partial charge in [-0.15, -0.1) is 0 Å². The summed E-state index contributed by atoms with van der Waals surface area (Å²) in [5, 5.41) is 0. The molecule has 0 bridgehead atoms. The van der Waals surface area contributed by atoms with E-state index in [-0.39, 0.29) is 11.8 Å². The second-order valence-corrected chi connectivity index (χ2v) is 5.86. The normalized spacial score (nSPS) is 10.2. The van der Waals surface area contributed by atoms with Crippen molar-refractivity contribution in [1.29, 1.82) is 0 Å². The maximum absolute atomic E-state index is 12.1. The highest BCUT2D eigenvalue weighted by Gasteiger charge is 2.07. The Kier molecular flexibility index (Phi) is 5.50. The maximum atomic E-state index is 12.1. The highest BCUT2D eigenvalue weighted by atomic mass is 127. The van der Waals surface area contributed by atoms with Crippen LogP contribution >= 0.6 is 22.6 Å². The van der Waals surface area contributed by atoms with Gasteiger partial charge in [-0.3, -0.25) is 4.79 Å². The topological polar surface area (TPSA) is 43.4 Å². The Hall–Kier alpha value is -1.69. The smallest absolute Gasteiger partial charge is 0.337 e. The van der Waals surface area contributed by atoms with E-state index in [0.29, 0.717) is 18.4 Å². The van der Waals surface area contributed by atoms with Crippen LogP contribution < -0.4 is 0 Å². The third-order valence-electron chi connectivity index (χ3n) is 3.18. The van der Waals surface area contributed by atoms with Crippen molar-refractivity contribution in [1.82, 2.24) is 0 Å². The summed E-state index contributed by atoms with van der Waals surface area (Å²) in [4.78, 5) is 23.4. The molecule has 2 rings (SSSR count). The van der Waals surface area contributed by atoms with Gasteiger partial charge in [0.1, 0.15) is 0 Å².